The zero-order valence-electron chi connectivity index (χ0n) is 15.5. The molecule has 0 bridgehead atoms. The van der Waals surface area contributed by atoms with Crippen molar-refractivity contribution >= 4 is 11.8 Å². The third-order valence-corrected chi connectivity index (χ3v) is 4.61. The number of carbonyl (C=O) groups is 2. The van der Waals surface area contributed by atoms with E-state index >= 15 is 0 Å². The lowest BCUT2D eigenvalue weighted by Gasteiger charge is -2.31. The minimum Gasteiger partial charge on any atom is -0.446 e. The first-order valence-electron chi connectivity index (χ1n) is 9.30. The van der Waals surface area contributed by atoms with Crippen molar-refractivity contribution in [1.82, 2.24) is 15.2 Å². The summed E-state index contributed by atoms with van der Waals surface area (Å²) in [6, 6.07) is 9.73. The number of hydrogen-bond acceptors (Lipinski definition) is 5. The van der Waals surface area contributed by atoms with Gasteiger partial charge in [-0.1, -0.05) is 30.3 Å². The average molecular weight is 371 g/mol. The van der Waals surface area contributed by atoms with Crippen LogP contribution >= 0.6 is 0 Å². The fourth-order valence-electron chi connectivity index (χ4n) is 3.14. The molecule has 1 atom stereocenters. The maximum absolute atomic E-state index is 12.5. The number of nitrogens with one attached hydrogen (secondary N) is 1. The van der Waals surface area contributed by atoms with Crippen LogP contribution in [0.2, 0.25) is 0 Å². The average Bonchev–Trinajstić information content (AvgIpc) is 3.20. The van der Waals surface area contributed by atoms with Crippen LogP contribution in [0.5, 0.6) is 0 Å². The van der Waals surface area contributed by atoms with Gasteiger partial charge in [-0.25, -0.2) is 4.98 Å². The predicted molar refractivity (Wildman–Crippen MR) is 99.6 cm³/mol. The minimum absolute atomic E-state index is 0.0606. The molecule has 0 aliphatic carbocycles. The van der Waals surface area contributed by atoms with E-state index in [-0.39, 0.29) is 30.9 Å². The van der Waals surface area contributed by atoms with Crippen LogP contribution in [0.25, 0.3) is 11.3 Å². The Balaban J connectivity index is 1.50. The van der Waals surface area contributed by atoms with Crippen LogP contribution in [-0.4, -0.2) is 48.0 Å². The number of benzene rings is 1. The van der Waals surface area contributed by atoms with Gasteiger partial charge in [-0.3, -0.25) is 9.59 Å². The number of rotatable bonds is 7. The molecule has 1 fully saturated rings. The van der Waals surface area contributed by atoms with Crippen molar-refractivity contribution in [2.24, 2.45) is 5.92 Å². The number of oxazole rings is 1. The lowest BCUT2D eigenvalue weighted by Crippen LogP contribution is -2.46. The lowest BCUT2D eigenvalue weighted by atomic mass is 9.97. The molecule has 2 amide bonds. The van der Waals surface area contributed by atoms with Crippen LogP contribution in [-0.2, 0) is 20.9 Å². The van der Waals surface area contributed by atoms with Crippen molar-refractivity contribution in [3.05, 3.63) is 42.5 Å². The second-order valence-electron chi connectivity index (χ2n) is 6.53. The molecule has 7 nitrogen and oxygen atoms in total. The number of nitrogens with zero attached hydrogens (tertiary/aromatic N) is 2. The molecule has 1 saturated heterocycles. The second kappa shape index (κ2) is 9.32. The van der Waals surface area contributed by atoms with E-state index in [0.29, 0.717) is 25.6 Å². The van der Waals surface area contributed by atoms with Gasteiger partial charge in [0.25, 0.3) is 0 Å². The number of ether oxygens (including phenoxy) is 1. The number of carbonyl (C=O) groups excluding carboxylic acids is 2. The summed E-state index contributed by atoms with van der Waals surface area (Å²) >= 11 is 0. The molecule has 1 aromatic carbocycles. The molecule has 0 saturated carbocycles. The second-order valence-corrected chi connectivity index (χ2v) is 6.53. The number of piperidine rings is 1. The standard InChI is InChI=1S/C20H25N3O4/c1-2-26-14-19(24)23-10-6-9-16(12-23)20(25)21-11-18-22-17(13-27-18)15-7-4-3-5-8-15/h3-5,7-8,13,16H,2,6,9-12,14H2,1H3,(H,21,25)/t16-/m0/s1. The first-order valence-corrected chi connectivity index (χ1v) is 9.30. The van der Waals surface area contributed by atoms with Gasteiger partial charge >= 0.3 is 0 Å². The molecule has 0 spiro atoms. The van der Waals surface area contributed by atoms with Crippen molar-refractivity contribution < 1.29 is 18.7 Å². The van der Waals surface area contributed by atoms with Gasteiger partial charge in [0.05, 0.1) is 12.5 Å². The highest BCUT2D eigenvalue weighted by Crippen LogP contribution is 2.19. The molecule has 27 heavy (non-hydrogen) atoms. The van der Waals surface area contributed by atoms with E-state index in [0.717, 1.165) is 24.1 Å². The van der Waals surface area contributed by atoms with Gasteiger partial charge in [-0.15, -0.1) is 0 Å². The molecule has 1 aromatic heterocycles. The Morgan fingerprint density at radius 2 is 2.15 bits per heavy atom. The van der Waals surface area contributed by atoms with E-state index in [9.17, 15) is 9.59 Å². The number of likely N-dealkylation sites (tertiary alicyclic amines) is 1. The van der Waals surface area contributed by atoms with E-state index in [1.807, 2.05) is 37.3 Å². The largest absolute Gasteiger partial charge is 0.446 e. The van der Waals surface area contributed by atoms with Gasteiger partial charge in [0.2, 0.25) is 17.7 Å². The van der Waals surface area contributed by atoms with E-state index in [2.05, 4.69) is 10.3 Å². The molecule has 2 aromatic rings. The lowest BCUT2D eigenvalue weighted by molar-refractivity contribution is -0.139. The third kappa shape index (κ3) is 5.17. The number of hydrogen-bond donors (Lipinski definition) is 1. The van der Waals surface area contributed by atoms with Crippen LogP contribution in [0.1, 0.15) is 25.7 Å². The fraction of sp³-hybridized carbons (Fsp3) is 0.450. The monoisotopic (exact) mass is 371 g/mol. The van der Waals surface area contributed by atoms with Crippen LogP contribution in [0.3, 0.4) is 0 Å². The van der Waals surface area contributed by atoms with Crippen LogP contribution < -0.4 is 5.32 Å². The Bertz CT molecular complexity index is 760. The van der Waals surface area contributed by atoms with Crippen molar-refractivity contribution in [3.8, 4) is 11.3 Å². The van der Waals surface area contributed by atoms with Crippen LogP contribution in [0, 0.1) is 5.92 Å². The molecular formula is C20H25N3O4. The zero-order valence-corrected chi connectivity index (χ0v) is 15.5. The van der Waals surface area contributed by atoms with Gasteiger partial charge in [0, 0.05) is 25.3 Å². The molecule has 144 valence electrons. The minimum atomic E-state index is -0.215. The van der Waals surface area contributed by atoms with Crippen molar-refractivity contribution in [2.75, 3.05) is 26.3 Å². The molecule has 0 radical (unpaired) electrons. The summed E-state index contributed by atoms with van der Waals surface area (Å²) in [5, 5.41) is 2.87. The maximum Gasteiger partial charge on any atom is 0.248 e. The van der Waals surface area contributed by atoms with Crippen LogP contribution in [0.4, 0.5) is 0 Å². The summed E-state index contributed by atoms with van der Waals surface area (Å²) < 4.78 is 10.6. The van der Waals surface area contributed by atoms with Gasteiger partial charge in [0.15, 0.2) is 0 Å². The zero-order chi connectivity index (χ0) is 19.1. The molecule has 1 aliphatic heterocycles. The quantitative estimate of drug-likeness (QED) is 0.807. The summed E-state index contributed by atoms with van der Waals surface area (Å²) in [4.78, 5) is 30.7. The smallest absolute Gasteiger partial charge is 0.248 e. The molecular weight excluding hydrogens is 346 g/mol. The Labute approximate surface area is 158 Å². The Morgan fingerprint density at radius 1 is 1.33 bits per heavy atom. The summed E-state index contributed by atoms with van der Waals surface area (Å²) in [7, 11) is 0. The van der Waals surface area contributed by atoms with E-state index in [1.165, 1.54) is 0 Å². The van der Waals surface area contributed by atoms with Crippen LogP contribution in [0.15, 0.2) is 41.0 Å². The van der Waals surface area contributed by atoms with Crippen molar-refractivity contribution in [1.29, 1.82) is 0 Å². The fourth-order valence-corrected chi connectivity index (χ4v) is 3.14. The highest BCUT2D eigenvalue weighted by Gasteiger charge is 2.28. The number of amides is 2. The van der Waals surface area contributed by atoms with Gasteiger partial charge < -0.3 is 19.4 Å². The van der Waals surface area contributed by atoms with Gasteiger partial charge in [0.1, 0.15) is 18.6 Å². The number of aromatic nitrogens is 1. The van der Waals surface area contributed by atoms with Crippen molar-refractivity contribution in [3.63, 3.8) is 0 Å². The topological polar surface area (TPSA) is 84.7 Å². The Kier molecular flexibility index (Phi) is 6.59. The highest BCUT2D eigenvalue weighted by molar-refractivity contribution is 5.81. The molecule has 3 rings (SSSR count). The SMILES string of the molecule is CCOCC(=O)N1CCC[C@H](C(=O)NCc2nc(-c3ccccc3)co2)C1. The van der Waals surface area contributed by atoms with E-state index in [1.54, 1.807) is 11.2 Å². The first kappa shape index (κ1) is 19.1. The molecule has 7 heteroatoms. The predicted octanol–water partition coefficient (Wildman–Crippen LogP) is 2.23. The van der Waals surface area contributed by atoms with E-state index < -0.39 is 0 Å². The highest BCUT2D eigenvalue weighted by atomic mass is 16.5. The summed E-state index contributed by atoms with van der Waals surface area (Å²) in [5.41, 5.74) is 1.71. The molecule has 1 N–H and O–H groups in total. The Morgan fingerprint density at radius 3 is 2.93 bits per heavy atom. The molecule has 0 unspecified atom stereocenters. The summed E-state index contributed by atoms with van der Waals surface area (Å²) in [5.74, 6) is 0.105. The van der Waals surface area contributed by atoms with Gasteiger partial charge in [-0.2, -0.15) is 0 Å². The molecule has 1 aliphatic rings. The summed E-state index contributed by atoms with van der Waals surface area (Å²) in [6.45, 7) is 3.77. The Hall–Kier alpha value is -2.67. The first-order chi connectivity index (χ1) is 13.2. The summed E-state index contributed by atoms with van der Waals surface area (Å²) in [6.07, 6.45) is 3.17. The van der Waals surface area contributed by atoms with Crippen molar-refractivity contribution in [2.45, 2.75) is 26.3 Å². The third-order valence-electron chi connectivity index (χ3n) is 4.61. The normalized spacial score (nSPS) is 16.9. The maximum atomic E-state index is 12.5. The van der Waals surface area contributed by atoms with E-state index in [4.69, 9.17) is 9.15 Å². The molecule has 2 heterocycles. The van der Waals surface area contributed by atoms with Gasteiger partial charge in [-0.05, 0) is 19.8 Å².